The Bertz CT molecular complexity index is 597. The highest BCUT2D eigenvalue weighted by molar-refractivity contribution is 5.70. The molecule has 3 N–H and O–H groups in total. The maximum Gasteiger partial charge on any atom is 0.306 e. The molecule has 0 heterocycles. The summed E-state index contributed by atoms with van der Waals surface area (Å²) in [5, 5.41) is 30.4. The first kappa shape index (κ1) is 18.4. The van der Waals surface area contributed by atoms with E-state index in [1.54, 1.807) is 12.1 Å². The fraction of sp³-hybridized carbons (Fsp3) is 0.550. The topological polar surface area (TPSA) is 77.8 Å². The van der Waals surface area contributed by atoms with Crippen LogP contribution in [-0.2, 0) is 11.2 Å². The number of rotatable bonds is 6. The lowest BCUT2D eigenvalue weighted by Gasteiger charge is -2.36. The highest BCUT2D eigenvalue weighted by Crippen LogP contribution is 2.49. The monoisotopic (exact) mass is 332 g/mol. The van der Waals surface area contributed by atoms with E-state index in [0.29, 0.717) is 24.8 Å². The lowest BCUT2D eigenvalue weighted by atomic mass is 9.68. The number of benzene rings is 1. The van der Waals surface area contributed by atoms with Gasteiger partial charge in [0.25, 0.3) is 0 Å². The number of carboxylic acid groups (broad SMARTS) is 1. The van der Waals surface area contributed by atoms with Gasteiger partial charge in [0.1, 0.15) is 11.5 Å². The normalized spacial score (nSPS) is 23.8. The minimum absolute atomic E-state index is 0.0726. The van der Waals surface area contributed by atoms with Crippen LogP contribution in [0, 0.1) is 11.8 Å². The van der Waals surface area contributed by atoms with Crippen LogP contribution in [0.2, 0.25) is 0 Å². The second-order valence-electron chi connectivity index (χ2n) is 7.06. The van der Waals surface area contributed by atoms with Gasteiger partial charge in [-0.15, -0.1) is 0 Å². The van der Waals surface area contributed by atoms with Crippen molar-refractivity contribution in [1.29, 1.82) is 0 Å². The van der Waals surface area contributed by atoms with Crippen molar-refractivity contribution in [2.24, 2.45) is 11.8 Å². The average molecular weight is 332 g/mol. The van der Waals surface area contributed by atoms with E-state index in [9.17, 15) is 20.1 Å². The van der Waals surface area contributed by atoms with Crippen LogP contribution in [0.3, 0.4) is 0 Å². The van der Waals surface area contributed by atoms with E-state index >= 15 is 0 Å². The van der Waals surface area contributed by atoms with Gasteiger partial charge in [0.15, 0.2) is 0 Å². The molecule has 132 valence electrons. The number of phenols is 2. The smallest absolute Gasteiger partial charge is 0.306 e. The van der Waals surface area contributed by atoms with Crippen molar-refractivity contribution in [3.05, 3.63) is 35.4 Å². The average Bonchev–Trinajstić information content (AvgIpc) is 2.51. The minimum atomic E-state index is -0.807. The van der Waals surface area contributed by atoms with Gasteiger partial charge in [0, 0.05) is 5.56 Å². The van der Waals surface area contributed by atoms with Gasteiger partial charge >= 0.3 is 5.97 Å². The van der Waals surface area contributed by atoms with Crippen LogP contribution in [0.15, 0.2) is 24.3 Å². The standard InChI is InChI=1S/C20H28O4/c1-4-5-6-13-9-17(21)19(18(22)10-13)16-11-14(20(23)24)7-8-15(16)12(2)3/h9-10,14-16,21-22H,2,4-8,11H2,1,3H3,(H,23,24)/t14?,15-,16?/m0/s1. The molecule has 0 aliphatic heterocycles. The Kier molecular flexibility index (Phi) is 5.92. The third kappa shape index (κ3) is 3.92. The van der Waals surface area contributed by atoms with Crippen LogP contribution in [0.1, 0.15) is 63.0 Å². The Labute approximate surface area is 143 Å². The van der Waals surface area contributed by atoms with Crippen molar-refractivity contribution in [2.75, 3.05) is 0 Å². The number of hydrogen-bond acceptors (Lipinski definition) is 3. The lowest BCUT2D eigenvalue weighted by molar-refractivity contribution is -0.143. The molecular formula is C20H28O4. The van der Waals surface area contributed by atoms with Crippen molar-refractivity contribution < 1.29 is 20.1 Å². The highest BCUT2D eigenvalue weighted by atomic mass is 16.4. The van der Waals surface area contributed by atoms with E-state index in [4.69, 9.17) is 0 Å². The predicted octanol–water partition coefficient (Wildman–Crippen LogP) is 4.60. The van der Waals surface area contributed by atoms with Gasteiger partial charge in [-0.05, 0) is 68.6 Å². The van der Waals surface area contributed by atoms with Crippen molar-refractivity contribution in [1.82, 2.24) is 0 Å². The van der Waals surface area contributed by atoms with Gasteiger partial charge in [0.05, 0.1) is 5.92 Å². The van der Waals surface area contributed by atoms with Crippen LogP contribution in [0.4, 0.5) is 0 Å². The van der Waals surface area contributed by atoms with E-state index in [1.165, 1.54) is 0 Å². The summed E-state index contributed by atoms with van der Waals surface area (Å²) in [5.74, 6) is -1.23. The van der Waals surface area contributed by atoms with Crippen LogP contribution >= 0.6 is 0 Å². The molecular weight excluding hydrogens is 304 g/mol. The lowest BCUT2D eigenvalue weighted by Crippen LogP contribution is -2.28. The molecule has 1 aromatic rings. The summed E-state index contributed by atoms with van der Waals surface area (Å²) in [5.41, 5.74) is 2.36. The molecule has 0 bridgehead atoms. The molecule has 1 aromatic carbocycles. The number of unbranched alkanes of at least 4 members (excludes halogenated alkanes) is 1. The third-order valence-electron chi connectivity index (χ3n) is 5.22. The molecule has 3 atom stereocenters. The summed E-state index contributed by atoms with van der Waals surface area (Å²) in [4.78, 5) is 11.4. The highest BCUT2D eigenvalue weighted by Gasteiger charge is 2.37. The Morgan fingerprint density at radius 3 is 2.38 bits per heavy atom. The number of carbonyl (C=O) groups is 1. The quantitative estimate of drug-likeness (QED) is 0.665. The fourth-order valence-corrected chi connectivity index (χ4v) is 3.89. The maximum absolute atomic E-state index is 11.4. The molecule has 2 rings (SSSR count). The van der Waals surface area contributed by atoms with Crippen LogP contribution < -0.4 is 0 Å². The second kappa shape index (κ2) is 7.73. The van der Waals surface area contributed by atoms with E-state index in [-0.39, 0.29) is 23.3 Å². The number of carboxylic acids is 1. The Hall–Kier alpha value is -1.97. The Morgan fingerprint density at radius 1 is 1.25 bits per heavy atom. The number of aryl methyl sites for hydroxylation is 1. The molecule has 1 fully saturated rings. The SMILES string of the molecule is C=C(C)[C@@H]1CCC(C(=O)O)CC1c1c(O)cc(CCCC)cc1O. The number of allylic oxidation sites excluding steroid dienone is 1. The molecule has 0 aromatic heterocycles. The number of phenolic OH excluding ortho intramolecular Hbond substituents is 2. The van der Waals surface area contributed by atoms with Gasteiger partial charge in [-0.25, -0.2) is 0 Å². The molecule has 0 saturated heterocycles. The Balaban J connectivity index is 2.38. The molecule has 1 saturated carbocycles. The summed E-state index contributed by atoms with van der Waals surface area (Å²) >= 11 is 0. The van der Waals surface area contributed by atoms with Crippen LogP contribution in [0.25, 0.3) is 0 Å². The molecule has 1 aliphatic carbocycles. The third-order valence-corrected chi connectivity index (χ3v) is 5.22. The van der Waals surface area contributed by atoms with E-state index in [0.717, 1.165) is 30.4 Å². The zero-order valence-corrected chi connectivity index (χ0v) is 14.6. The first-order chi connectivity index (χ1) is 11.3. The molecule has 0 amide bonds. The maximum atomic E-state index is 11.4. The predicted molar refractivity (Wildman–Crippen MR) is 94.4 cm³/mol. The molecule has 4 nitrogen and oxygen atoms in total. The molecule has 24 heavy (non-hydrogen) atoms. The number of hydrogen-bond donors (Lipinski definition) is 3. The van der Waals surface area contributed by atoms with Crippen molar-refractivity contribution in [3.63, 3.8) is 0 Å². The largest absolute Gasteiger partial charge is 0.508 e. The number of aromatic hydroxyl groups is 2. The summed E-state index contributed by atoms with van der Waals surface area (Å²) in [6.45, 7) is 8.06. The van der Waals surface area contributed by atoms with Crippen molar-refractivity contribution in [2.45, 2.75) is 58.3 Å². The van der Waals surface area contributed by atoms with Gasteiger partial charge < -0.3 is 15.3 Å². The zero-order chi connectivity index (χ0) is 17.9. The molecule has 4 heteroatoms. The fourth-order valence-electron chi connectivity index (χ4n) is 3.89. The zero-order valence-electron chi connectivity index (χ0n) is 14.6. The van der Waals surface area contributed by atoms with Crippen LogP contribution in [0.5, 0.6) is 11.5 Å². The number of aliphatic carboxylic acids is 1. The van der Waals surface area contributed by atoms with E-state index in [2.05, 4.69) is 13.5 Å². The van der Waals surface area contributed by atoms with E-state index < -0.39 is 11.9 Å². The molecule has 0 spiro atoms. The van der Waals surface area contributed by atoms with Gasteiger partial charge in [0.2, 0.25) is 0 Å². The van der Waals surface area contributed by atoms with Crippen molar-refractivity contribution in [3.8, 4) is 11.5 Å². The first-order valence-corrected chi connectivity index (χ1v) is 8.78. The summed E-state index contributed by atoms with van der Waals surface area (Å²) in [7, 11) is 0. The second-order valence-corrected chi connectivity index (χ2v) is 7.06. The van der Waals surface area contributed by atoms with Crippen LogP contribution in [-0.4, -0.2) is 21.3 Å². The summed E-state index contributed by atoms with van der Waals surface area (Å²) in [6, 6.07) is 3.43. The molecule has 0 radical (unpaired) electrons. The summed E-state index contributed by atoms with van der Waals surface area (Å²) < 4.78 is 0. The summed E-state index contributed by atoms with van der Waals surface area (Å²) in [6.07, 6.45) is 4.60. The first-order valence-electron chi connectivity index (χ1n) is 8.78. The molecule has 2 unspecified atom stereocenters. The Morgan fingerprint density at radius 2 is 1.88 bits per heavy atom. The van der Waals surface area contributed by atoms with Crippen molar-refractivity contribution >= 4 is 5.97 Å². The van der Waals surface area contributed by atoms with Gasteiger partial charge in [-0.2, -0.15) is 0 Å². The van der Waals surface area contributed by atoms with Gasteiger partial charge in [-0.3, -0.25) is 4.79 Å². The van der Waals surface area contributed by atoms with Gasteiger partial charge in [-0.1, -0.05) is 25.5 Å². The molecule has 1 aliphatic rings. The van der Waals surface area contributed by atoms with E-state index in [1.807, 2.05) is 6.92 Å². The minimum Gasteiger partial charge on any atom is -0.508 e.